The smallest absolute Gasteiger partial charge is 0.238 e. The summed E-state index contributed by atoms with van der Waals surface area (Å²) in [5.74, 6) is 0.659. The van der Waals surface area contributed by atoms with Crippen molar-refractivity contribution in [2.45, 2.75) is 30.2 Å². The van der Waals surface area contributed by atoms with Crippen LogP contribution in [0.2, 0.25) is 0 Å². The second-order valence-corrected chi connectivity index (χ2v) is 7.95. The fourth-order valence-corrected chi connectivity index (χ4v) is 3.83. The van der Waals surface area contributed by atoms with Gasteiger partial charge in [-0.2, -0.15) is 0 Å². The zero-order valence-corrected chi connectivity index (χ0v) is 15.0. The SMILES string of the molecule is NS(=O)(=O)c1ccc(OCCN2CCC[C@@H]2Cc2ccccc2)cc1. The average molecular weight is 360 g/mol. The molecule has 0 unspecified atom stereocenters. The minimum atomic E-state index is -3.65. The van der Waals surface area contributed by atoms with Gasteiger partial charge in [0.15, 0.2) is 0 Å². The van der Waals surface area contributed by atoms with Gasteiger partial charge in [-0.15, -0.1) is 0 Å². The third-order valence-corrected chi connectivity index (χ3v) is 5.54. The zero-order valence-electron chi connectivity index (χ0n) is 14.2. The highest BCUT2D eigenvalue weighted by Crippen LogP contribution is 2.21. The summed E-state index contributed by atoms with van der Waals surface area (Å²) in [6.07, 6.45) is 3.52. The molecule has 0 saturated carbocycles. The van der Waals surface area contributed by atoms with E-state index < -0.39 is 10.0 Å². The predicted octanol–water partition coefficient (Wildman–Crippen LogP) is 2.42. The summed E-state index contributed by atoms with van der Waals surface area (Å²) in [6.45, 7) is 2.56. The maximum absolute atomic E-state index is 11.2. The number of primary sulfonamides is 1. The van der Waals surface area contributed by atoms with Crippen LogP contribution < -0.4 is 9.88 Å². The third-order valence-electron chi connectivity index (χ3n) is 4.61. The van der Waals surface area contributed by atoms with Crippen LogP contribution in [0.5, 0.6) is 5.75 Å². The molecule has 2 aromatic carbocycles. The van der Waals surface area contributed by atoms with E-state index in [1.165, 1.54) is 30.5 Å². The first-order valence-electron chi connectivity index (χ1n) is 8.56. The van der Waals surface area contributed by atoms with Gasteiger partial charge in [0, 0.05) is 12.6 Å². The van der Waals surface area contributed by atoms with E-state index in [0.29, 0.717) is 18.4 Å². The van der Waals surface area contributed by atoms with Crippen molar-refractivity contribution in [3.05, 3.63) is 60.2 Å². The summed E-state index contributed by atoms with van der Waals surface area (Å²) in [6, 6.07) is 17.4. The van der Waals surface area contributed by atoms with Crippen molar-refractivity contribution >= 4 is 10.0 Å². The largest absolute Gasteiger partial charge is 0.492 e. The van der Waals surface area contributed by atoms with Gasteiger partial charge in [-0.1, -0.05) is 30.3 Å². The van der Waals surface area contributed by atoms with Crippen LogP contribution in [0.3, 0.4) is 0 Å². The molecule has 0 radical (unpaired) electrons. The lowest BCUT2D eigenvalue weighted by molar-refractivity contribution is 0.196. The van der Waals surface area contributed by atoms with Gasteiger partial charge in [0.05, 0.1) is 4.90 Å². The Bertz CT molecular complexity index is 776. The van der Waals surface area contributed by atoms with E-state index in [9.17, 15) is 8.42 Å². The molecule has 134 valence electrons. The molecule has 1 aliphatic rings. The Labute approximate surface area is 149 Å². The van der Waals surface area contributed by atoms with Gasteiger partial charge in [0.1, 0.15) is 12.4 Å². The van der Waals surface area contributed by atoms with E-state index in [0.717, 1.165) is 19.5 Å². The van der Waals surface area contributed by atoms with E-state index in [1.54, 1.807) is 12.1 Å². The molecule has 0 aliphatic carbocycles. The van der Waals surface area contributed by atoms with Gasteiger partial charge in [0.2, 0.25) is 10.0 Å². The van der Waals surface area contributed by atoms with Gasteiger partial charge in [-0.05, 0) is 55.6 Å². The van der Waals surface area contributed by atoms with Crippen LogP contribution in [0, 0.1) is 0 Å². The Morgan fingerprint density at radius 3 is 2.48 bits per heavy atom. The quantitative estimate of drug-likeness (QED) is 0.823. The van der Waals surface area contributed by atoms with Crippen LogP contribution in [0.4, 0.5) is 0 Å². The molecular weight excluding hydrogens is 336 g/mol. The molecule has 2 N–H and O–H groups in total. The lowest BCUT2D eigenvalue weighted by Crippen LogP contribution is -2.34. The zero-order chi connectivity index (χ0) is 17.7. The molecule has 3 rings (SSSR count). The predicted molar refractivity (Wildman–Crippen MR) is 98.1 cm³/mol. The number of hydrogen-bond donors (Lipinski definition) is 1. The molecular formula is C19H24N2O3S. The van der Waals surface area contributed by atoms with Crippen molar-refractivity contribution in [3.63, 3.8) is 0 Å². The van der Waals surface area contributed by atoms with Gasteiger partial charge in [-0.3, -0.25) is 4.90 Å². The van der Waals surface area contributed by atoms with E-state index in [4.69, 9.17) is 9.88 Å². The van der Waals surface area contributed by atoms with Crippen molar-refractivity contribution in [3.8, 4) is 5.75 Å². The maximum Gasteiger partial charge on any atom is 0.238 e. The molecule has 6 heteroatoms. The van der Waals surface area contributed by atoms with Crippen molar-refractivity contribution < 1.29 is 13.2 Å². The van der Waals surface area contributed by atoms with Crippen molar-refractivity contribution in [1.82, 2.24) is 4.90 Å². The summed E-state index contributed by atoms with van der Waals surface area (Å²) in [7, 11) is -3.65. The van der Waals surface area contributed by atoms with Crippen LogP contribution in [0.25, 0.3) is 0 Å². The van der Waals surface area contributed by atoms with Gasteiger partial charge >= 0.3 is 0 Å². The lowest BCUT2D eigenvalue weighted by Gasteiger charge is -2.24. The van der Waals surface area contributed by atoms with Crippen LogP contribution in [-0.2, 0) is 16.4 Å². The van der Waals surface area contributed by atoms with Crippen LogP contribution in [-0.4, -0.2) is 39.1 Å². The Kier molecular flexibility index (Phi) is 5.73. The molecule has 0 bridgehead atoms. The highest BCUT2D eigenvalue weighted by atomic mass is 32.2. The maximum atomic E-state index is 11.2. The first-order chi connectivity index (χ1) is 12.0. The summed E-state index contributed by atoms with van der Waals surface area (Å²) in [5, 5.41) is 5.09. The molecule has 1 atom stereocenters. The van der Waals surface area contributed by atoms with Crippen LogP contribution >= 0.6 is 0 Å². The number of nitrogens with two attached hydrogens (primary N) is 1. The fourth-order valence-electron chi connectivity index (χ4n) is 3.31. The Hall–Kier alpha value is -1.89. The molecule has 1 saturated heterocycles. The van der Waals surface area contributed by atoms with Crippen LogP contribution in [0.1, 0.15) is 18.4 Å². The number of ether oxygens (including phenoxy) is 1. The van der Waals surface area contributed by atoms with Crippen molar-refractivity contribution in [2.24, 2.45) is 5.14 Å². The number of sulfonamides is 1. The molecule has 1 fully saturated rings. The molecule has 2 aromatic rings. The van der Waals surface area contributed by atoms with Crippen molar-refractivity contribution in [1.29, 1.82) is 0 Å². The molecule has 0 aromatic heterocycles. The second kappa shape index (κ2) is 7.99. The minimum Gasteiger partial charge on any atom is -0.492 e. The Morgan fingerprint density at radius 2 is 1.80 bits per heavy atom. The van der Waals surface area contributed by atoms with Crippen molar-refractivity contribution in [2.75, 3.05) is 19.7 Å². The molecule has 5 nitrogen and oxygen atoms in total. The first-order valence-corrected chi connectivity index (χ1v) is 10.1. The summed E-state index contributed by atoms with van der Waals surface area (Å²) >= 11 is 0. The van der Waals surface area contributed by atoms with E-state index in [-0.39, 0.29) is 4.90 Å². The normalized spacial score (nSPS) is 18.4. The molecule has 1 heterocycles. The van der Waals surface area contributed by atoms with Gasteiger partial charge < -0.3 is 4.74 Å². The first kappa shape index (κ1) is 17.9. The lowest BCUT2D eigenvalue weighted by atomic mass is 10.0. The Morgan fingerprint density at radius 1 is 1.08 bits per heavy atom. The van der Waals surface area contributed by atoms with E-state index in [1.807, 2.05) is 6.07 Å². The van der Waals surface area contributed by atoms with E-state index >= 15 is 0 Å². The highest BCUT2D eigenvalue weighted by Gasteiger charge is 2.24. The molecule has 25 heavy (non-hydrogen) atoms. The number of benzene rings is 2. The molecule has 0 spiro atoms. The van der Waals surface area contributed by atoms with E-state index in [2.05, 4.69) is 29.2 Å². The van der Waals surface area contributed by atoms with Crippen LogP contribution in [0.15, 0.2) is 59.5 Å². The van der Waals surface area contributed by atoms with Gasteiger partial charge in [0.25, 0.3) is 0 Å². The number of likely N-dealkylation sites (tertiary alicyclic amines) is 1. The minimum absolute atomic E-state index is 0.0994. The van der Waals surface area contributed by atoms with Gasteiger partial charge in [-0.25, -0.2) is 13.6 Å². The topological polar surface area (TPSA) is 72.6 Å². The summed E-state index contributed by atoms with van der Waals surface area (Å²) in [4.78, 5) is 2.58. The Balaban J connectivity index is 1.49. The number of rotatable bonds is 7. The second-order valence-electron chi connectivity index (χ2n) is 6.39. The highest BCUT2D eigenvalue weighted by molar-refractivity contribution is 7.89. The summed E-state index contributed by atoms with van der Waals surface area (Å²) < 4.78 is 28.3. The monoisotopic (exact) mass is 360 g/mol. The number of hydrogen-bond acceptors (Lipinski definition) is 4. The fraction of sp³-hybridized carbons (Fsp3) is 0.368. The summed E-state index contributed by atoms with van der Waals surface area (Å²) in [5.41, 5.74) is 1.37. The standard InChI is InChI=1S/C19H24N2O3S/c20-25(22,23)19-10-8-18(9-11-19)24-14-13-21-12-4-7-17(21)15-16-5-2-1-3-6-16/h1-3,5-6,8-11,17H,4,7,12-15H2,(H2,20,22,23)/t17-/m1/s1. The number of nitrogens with zero attached hydrogens (tertiary/aromatic N) is 1. The molecule has 1 aliphatic heterocycles. The average Bonchev–Trinajstić information content (AvgIpc) is 3.03. The molecule has 0 amide bonds. The third kappa shape index (κ3) is 5.04.